The minimum Gasteiger partial charge on any atom is -0.456 e. The summed E-state index contributed by atoms with van der Waals surface area (Å²) in [7, 11) is 0. The van der Waals surface area contributed by atoms with Gasteiger partial charge in [-0.1, -0.05) is 33.6 Å². The summed E-state index contributed by atoms with van der Waals surface area (Å²) in [6.07, 6.45) is -0.157. The average molecular weight is 454 g/mol. The number of benzene rings is 2. The second-order valence-corrected chi connectivity index (χ2v) is 7.05. The highest BCUT2D eigenvalue weighted by atomic mass is 79.9. The zero-order chi connectivity index (χ0) is 19.8. The summed E-state index contributed by atoms with van der Waals surface area (Å²) in [4.78, 5) is 35.3. The van der Waals surface area contributed by atoms with Gasteiger partial charge in [-0.15, -0.1) is 0 Å². The molecule has 0 bridgehead atoms. The Labute approximate surface area is 170 Å². The van der Waals surface area contributed by atoms with Gasteiger partial charge in [0.2, 0.25) is 5.91 Å². The van der Waals surface area contributed by atoms with Gasteiger partial charge in [-0.2, -0.15) is 0 Å². The smallest absolute Gasteiger partial charge is 0.306 e. The Morgan fingerprint density at radius 3 is 2.26 bits per heavy atom. The van der Waals surface area contributed by atoms with Crippen LogP contribution in [-0.2, 0) is 19.1 Å². The molecule has 2 aromatic carbocycles. The van der Waals surface area contributed by atoms with Crippen molar-refractivity contribution in [3.63, 3.8) is 0 Å². The highest BCUT2D eigenvalue weighted by Gasteiger charge is 2.11. The number of amides is 2. The lowest BCUT2D eigenvalue weighted by Crippen LogP contribution is -2.21. The molecular formula is C19H18BrClN2O4. The average Bonchev–Trinajstić information content (AvgIpc) is 2.63. The first kappa shape index (κ1) is 20.9. The zero-order valence-corrected chi connectivity index (χ0v) is 16.9. The highest BCUT2D eigenvalue weighted by molar-refractivity contribution is 9.10. The number of carbonyl (C=O) groups excluding carboxylic acids is 3. The van der Waals surface area contributed by atoms with E-state index in [0.717, 1.165) is 10.0 Å². The zero-order valence-electron chi connectivity index (χ0n) is 14.6. The van der Waals surface area contributed by atoms with Crippen LogP contribution in [0, 0.1) is 6.92 Å². The van der Waals surface area contributed by atoms with Crippen molar-refractivity contribution < 1.29 is 19.1 Å². The van der Waals surface area contributed by atoms with E-state index in [4.69, 9.17) is 16.3 Å². The summed E-state index contributed by atoms with van der Waals surface area (Å²) in [6.45, 7) is 1.42. The topological polar surface area (TPSA) is 84.5 Å². The van der Waals surface area contributed by atoms with Gasteiger partial charge in [-0.25, -0.2) is 0 Å². The molecule has 0 atom stereocenters. The van der Waals surface area contributed by atoms with Gasteiger partial charge in [0.15, 0.2) is 6.61 Å². The minimum atomic E-state index is -0.627. The van der Waals surface area contributed by atoms with E-state index in [-0.39, 0.29) is 18.7 Å². The number of hydrogen-bond donors (Lipinski definition) is 2. The Hall–Kier alpha value is -2.38. The molecule has 0 aromatic heterocycles. The number of anilines is 2. The molecule has 0 saturated heterocycles. The van der Waals surface area contributed by atoms with Gasteiger partial charge in [0.25, 0.3) is 5.91 Å². The number of esters is 1. The molecule has 0 saturated carbocycles. The van der Waals surface area contributed by atoms with Crippen LogP contribution in [0.15, 0.2) is 46.9 Å². The second-order valence-electron chi connectivity index (χ2n) is 5.73. The second kappa shape index (κ2) is 10.1. The van der Waals surface area contributed by atoms with Crippen LogP contribution in [-0.4, -0.2) is 24.4 Å². The molecule has 0 aliphatic heterocycles. The van der Waals surface area contributed by atoms with Gasteiger partial charge in [0.1, 0.15) is 0 Å². The summed E-state index contributed by atoms with van der Waals surface area (Å²) < 4.78 is 5.77. The van der Waals surface area contributed by atoms with E-state index in [9.17, 15) is 14.4 Å². The van der Waals surface area contributed by atoms with Gasteiger partial charge >= 0.3 is 5.97 Å². The molecule has 0 aliphatic carbocycles. The van der Waals surface area contributed by atoms with Crippen LogP contribution in [0.4, 0.5) is 11.4 Å². The van der Waals surface area contributed by atoms with Gasteiger partial charge < -0.3 is 15.4 Å². The van der Waals surface area contributed by atoms with Crippen LogP contribution in [0.3, 0.4) is 0 Å². The lowest BCUT2D eigenvalue weighted by Gasteiger charge is -2.08. The fourth-order valence-electron chi connectivity index (χ4n) is 2.06. The van der Waals surface area contributed by atoms with E-state index in [0.29, 0.717) is 16.4 Å². The summed E-state index contributed by atoms with van der Waals surface area (Å²) in [6, 6.07) is 12.2. The van der Waals surface area contributed by atoms with E-state index in [1.54, 1.807) is 42.5 Å². The van der Waals surface area contributed by atoms with E-state index >= 15 is 0 Å². The van der Waals surface area contributed by atoms with E-state index in [1.165, 1.54) is 0 Å². The van der Waals surface area contributed by atoms with Crippen LogP contribution in [0.1, 0.15) is 18.4 Å². The summed E-state index contributed by atoms with van der Waals surface area (Å²) in [5.74, 6) is -1.42. The SMILES string of the molecule is Cc1ccc(NC(=O)COC(=O)CCC(=O)Nc2ccc(Br)cc2)cc1Cl. The largest absolute Gasteiger partial charge is 0.456 e. The monoisotopic (exact) mass is 452 g/mol. The number of hydrogen-bond acceptors (Lipinski definition) is 4. The highest BCUT2D eigenvalue weighted by Crippen LogP contribution is 2.19. The Kier molecular flexibility index (Phi) is 7.82. The molecule has 0 fully saturated rings. The maximum atomic E-state index is 11.8. The quantitative estimate of drug-likeness (QED) is 0.612. The van der Waals surface area contributed by atoms with Crippen molar-refractivity contribution in [2.75, 3.05) is 17.2 Å². The molecule has 0 aliphatic rings. The van der Waals surface area contributed by atoms with Crippen molar-refractivity contribution in [1.82, 2.24) is 0 Å². The summed E-state index contributed by atoms with van der Waals surface area (Å²) in [5, 5.41) is 5.79. The van der Waals surface area contributed by atoms with Gasteiger partial charge in [0.05, 0.1) is 6.42 Å². The first-order valence-electron chi connectivity index (χ1n) is 8.10. The van der Waals surface area contributed by atoms with Crippen LogP contribution in [0.5, 0.6) is 0 Å². The number of ether oxygens (including phenoxy) is 1. The molecule has 0 radical (unpaired) electrons. The molecule has 8 heteroatoms. The van der Waals surface area contributed by atoms with E-state index < -0.39 is 18.5 Å². The standard InChI is InChI=1S/C19H18BrClN2O4/c1-12-2-5-15(10-16(12)21)23-18(25)11-27-19(26)9-8-17(24)22-14-6-3-13(20)4-7-14/h2-7,10H,8-9,11H2,1H3,(H,22,24)(H,23,25). The first-order valence-corrected chi connectivity index (χ1v) is 9.27. The maximum absolute atomic E-state index is 11.8. The summed E-state index contributed by atoms with van der Waals surface area (Å²) in [5.41, 5.74) is 2.04. The van der Waals surface area contributed by atoms with E-state index in [2.05, 4.69) is 26.6 Å². The third-order valence-corrected chi connectivity index (χ3v) is 4.44. The molecule has 0 unspecified atom stereocenters. The van der Waals surface area contributed by atoms with Crippen molar-refractivity contribution in [2.45, 2.75) is 19.8 Å². The van der Waals surface area contributed by atoms with Crippen LogP contribution in [0.2, 0.25) is 5.02 Å². The Bertz CT molecular complexity index is 840. The van der Waals surface area contributed by atoms with Gasteiger partial charge in [0, 0.05) is 27.3 Å². The van der Waals surface area contributed by atoms with Crippen LogP contribution < -0.4 is 10.6 Å². The van der Waals surface area contributed by atoms with E-state index in [1.807, 2.05) is 6.92 Å². The molecule has 2 amide bonds. The first-order chi connectivity index (χ1) is 12.8. The third kappa shape index (κ3) is 7.40. The number of aryl methyl sites for hydroxylation is 1. The van der Waals surface area contributed by atoms with Crippen LogP contribution in [0.25, 0.3) is 0 Å². The number of nitrogens with one attached hydrogen (secondary N) is 2. The lowest BCUT2D eigenvalue weighted by atomic mass is 10.2. The predicted molar refractivity (Wildman–Crippen MR) is 108 cm³/mol. The molecule has 0 heterocycles. The van der Waals surface area contributed by atoms with Gasteiger partial charge in [-0.05, 0) is 48.9 Å². The maximum Gasteiger partial charge on any atom is 0.306 e. The van der Waals surface area contributed by atoms with Crippen molar-refractivity contribution in [2.24, 2.45) is 0 Å². The predicted octanol–water partition coefficient (Wildman–Crippen LogP) is 4.31. The Morgan fingerprint density at radius 2 is 1.59 bits per heavy atom. The van der Waals surface area contributed by atoms with Crippen molar-refractivity contribution in [3.8, 4) is 0 Å². The number of rotatable bonds is 7. The number of halogens is 2. The molecular weight excluding hydrogens is 436 g/mol. The molecule has 142 valence electrons. The Morgan fingerprint density at radius 1 is 0.963 bits per heavy atom. The fourth-order valence-corrected chi connectivity index (χ4v) is 2.50. The fraction of sp³-hybridized carbons (Fsp3) is 0.211. The Balaban J connectivity index is 1.69. The summed E-state index contributed by atoms with van der Waals surface area (Å²) >= 11 is 9.29. The molecule has 2 N–H and O–H groups in total. The van der Waals surface area contributed by atoms with Gasteiger partial charge in [-0.3, -0.25) is 14.4 Å². The molecule has 2 aromatic rings. The molecule has 2 rings (SSSR count). The van der Waals surface area contributed by atoms with Crippen molar-refractivity contribution in [3.05, 3.63) is 57.5 Å². The van der Waals surface area contributed by atoms with Crippen molar-refractivity contribution in [1.29, 1.82) is 0 Å². The lowest BCUT2D eigenvalue weighted by molar-refractivity contribution is -0.147. The molecule has 6 nitrogen and oxygen atoms in total. The normalized spacial score (nSPS) is 10.2. The number of carbonyl (C=O) groups is 3. The molecule has 0 spiro atoms. The van der Waals surface area contributed by atoms with Crippen LogP contribution >= 0.6 is 27.5 Å². The molecule has 27 heavy (non-hydrogen) atoms. The minimum absolute atomic E-state index is 0.0376. The third-order valence-electron chi connectivity index (χ3n) is 3.50. The van der Waals surface area contributed by atoms with Crippen molar-refractivity contribution >= 4 is 56.7 Å².